The summed E-state index contributed by atoms with van der Waals surface area (Å²) in [4.78, 5) is 23.5. The number of hydrogen-bond acceptors (Lipinski definition) is 6. The number of aromatic hydroxyl groups is 4. The fourth-order valence-electron chi connectivity index (χ4n) is 2.31. The molecule has 0 atom stereocenters. The lowest BCUT2D eigenvalue weighted by molar-refractivity contribution is -0.116. The van der Waals surface area contributed by atoms with Crippen LogP contribution in [-0.2, 0) is 9.59 Å². The summed E-state index contributed by atoms with van der Waals surface area (Å²) in [6.45, 7) is 0.682. The molecular formula is C21H22N2O6. The van der Waals surface area contributed by atoms with Gasteiger partial charge in [0.25, 0.3) is 0 Å². The summed E-state index contributed by atoms with van der Waals surface area (Å²) in [6.07, 6.45) is 5.88. The summed E-state index contributed by atoms with van der Waals surface area (Å²) in [5.74, 6) is -1.12. The van der Waals surface area contributed by atoms with Gasteiger partial charge < -0.3 is 31.1 Å². The highest BCUT2D eigenvalue weighted by atomic mass is 16.3. The molecule has 8 heteroatoms. The molecule has 0 fully saturated rings. The molecule has 0 saturated heterocycles. The number of hydrogen-bond donors (Lipinski definition) is 6. The van der Waals surface area contributed by atoms with Gasteiger partial charge in [-0.3, -0.25) is 9.59 Å². The fraction of sp³-hybridized carbons (Fsp3) is 0.143. The number of benzene rings is 2. The molecule has 2 aromatic carbocycles. The van der Waals surface area contributed by atoms with E-state index in [-0.39, 0.29) is 34.8 Å². The maximum atomic E-state index is 11.7. The number of nitrogens with one attached hydrogen (secondary N) is 2. The lowest BCUT2D eigenvalue weighted by atomic mass is 10.2. The lowest BCUT2D eigenvalue weighted by Crippen LogP contribution is -2.28. The third kappa shape index (κ3) is 7.30. The van der Waals surface area contributed by atoms with Gasteiger partial charge in [0.15, 0.2) is 0 Å². The minimum atomic E-state index is -0.355. The molecule has 0 unspecified atom stereocenters. The number of carbonyl (C=O) groups is 2. The molecule has 0 aliphatic rings. The van der Waals surface area contributed by atoms with Crippen molar-refractivity contribution in [2.24, 2.45) is 0 Å². The van der Waals surface area contributed by atoms with Crippen LogP contribution in [0.4, 0.5) is 0 Å². The molecule has 29 heavy (non-hydrogen) atoms. The third-order valence-corrected chi connectivity index (χ3v) is 3.81. The van der Waals surface area contributed by atoms with Crippen LogP contribution in [0.5, 0.6) is 23.0 Å². The highest BCUT2D eigenvalue weighted by Gasteiger charge is 2.02. The Kier molecular flexibility index (Phi) is 7.67. The van der Waals surface area contributed by atoms with Crippen LogP contribution in [0.25, 0.3) is 12.2 Å². The molecule has 0 radical (unpaired) electrons. The van der Waals surface area contributed by atoms with Gasteiger partial charge >= 0.3 is 0 Å². The van der Waals surface area contributed by atoms with E-state index in [1.807, 2.05) is 0 Å². The number of amides is 2. The van der Waals surface area contributed by atoms with Crippen LogP contribution in [0.15, 0.2) is 48.6 Å². The molecule has 0 heterocycles. The van der Waals surface area contributed by atoms with Crippen molar-refractivity contribution in [3.8, 4) is 23.0 Å². The van der Waals surface area contributed by atoms with Crippen LogP contribution in [0.2, 0.25) is 0 Å². The zero-order valence-electron chi connectivity index (χ0n) is 15.5. The molecule has 0 aliphatic heterocycles. The van der Waals surface area contributed by atoms with Gasteiger partial charge in [0, 0.05) is 48.5 Å². The van der Waals surface area contributed by atoms with Crippen molar-refractivity contribution in [2.75, 3.05) is 13.1 Å². The van der Waals surface area contributed by atoms with Crippen LogP contribution in [-0.4, -0.2) is 45.3 Å². The van der Waals surface area contributed by atoms with E-state index in [0.29, 0.717) is 30.6 Å². The Labute approximate surface area is 167 Å². The number of rotatable bonds is 8. The van der Waals surface area contributed by atoms with Gasteiger partial charge in [-0.2, -0.15) is 0 Å². The maximum absolute atomic E-state index is 11.7. The standard InChI is InChI=1S/C21H22N2O6/c24-16-6-2-14(18(26)12-16)4-8-20(28)22-10-1-11-23-21(29)9-5-15-3-7-17(25)13-19(15)27/h2-9,12-13,24-27H,1,10-11H2,(H,22,28)(H,23,29)/b8-4+,9-5+. The Morgan fingerprint density at radius 3 is 1.52 bits per heavy atom. The summed E-state index contributed by atoms with van der Waals surface area (Å²) < 4.78 is 0. The van der Waals surface area contributed by atoms with Gasteiger partial charge in [-0.15, -0.1) is 0 Å². The largest absolute Gasteiger partial charge is 0.508 e. The minimum Gasteiger partial charge on any atom is -0.508 e. The van der Waals surface area contributed by atoms with Crippen LogP contribution >= 0.6 is 0 Å². The van der Waals surface area contributed by atoms with Crippen molar-refractivity contribution in [1.29, 1.82) is 0 Å². The monoisotopic (exact) mass is 398 g/mol. The highest BCUT2D eigenvalue weighted by molar-refractivity contribution is 5.92. The first kappa shape index (κ1) is 21.4. The predicted octanol–water partition coefficient (Wildman–Crippen LogP) is 1.86. The van der Waals surface area contributed by atoms with E-state index >= 15 is 0 Å². The van der Waals surface area contributed by atoms with Crippen molar-refractivity contribution in [3.05, 3.63) is 59.7 Å². The number of phenolic OH excluding ortho intramolecular Hbond substituents is 4. The van der Waals surface area contributed by atoms with Crippen molar-refractivity contribution in [3.63, 3.8) is 0 Å². The Morgan fingerprint density at radius 2 is 1.14 bits per heavy atom. The first-order chi connectivity index (χ1) is 13.8. The summed E-state index contributed by atoms with van der Waals surface area (Å²) in [7, 11) is 0. The molecule has 0 spiro atoms. The molecule has 0 bridgehead atoms. The second kappa shape index (κ2) is 10.4. The Morgan fingerprint density at radius 1 is 0.724 bits per heavy atom. The van der Waals surface area contributed by atoms with E-state index in [1.54, 1.807) is 0 Å². The number of phenols is 4. The van der Waals surface area contributed by atoms with Crippen LogP contribution < -0.4 is 10.6 Å². The molecule has 2 aromatic rings. The molecule has 8 nitrogen and oxygen atoms in total. The van der Waals surface area contributed by atoms with Gasteiger partial charge in [-0.25, -0.2) is 0 Å². The Bertz CT molecular complexity index is 861. The molecule has 2 amide bonds. The highest BCUT2D eigenvalue weighted by Crippen LogP contribution is 2.24. The van der Waals surface area contributed by atoms with Gasteiger partial charge in [-0.1, -0.05) is 0 Å². The lowest BCUT2D eigenvalue weighted by Gasteiger charge is -2.04. The van der Waals surface area contributed by atoms with E-state index in [2.05, 4.69) is 10.6 Å². The second-order valence-corrected chi connectivity index (χ2v) is 6.09. The van der Waals surface area contributed by atoms with Crippen LogP contribution in [0.1, 0.15) is 17.5 Å². The average molecular weight is 398 g/mol. The molecule has 2 rings (SSSR count). The Hall–Kier alpha value is -3.94. The molecule has 6 N–H and O–H groups in total. The average Bonchev–Trinajstić information content (AvgIpc) is 2.66. The summed E-state index contributed by atoms with van der Waals surface area (Å²) >= 11 is 0. The van der Waals surface area contributed by atoms with Gasteiger partial charge in [0.1, 0.15) is 23.0 Å². The quantitative estimate of drug-likeness (QED) is 0.296. The van der Waals surface area contributed by atoms with Crippen molar-refractivity contribution in [1.82, 2.24) is 10.6 Å². The molecular weight excluding hydrogens is 376 g/mol. The second-order valence-electron chi connectivity index (χ2n) is 6.09. The van der Waals surface area contributed by atoms with E-state index in [0.717, 1.165) is 0 Å². The van der Waals surface area contributed by atoms with Crippen molar-refractivity contribution >= 4 is 24.0 Å². The fourth-order valence-corrected chi connectivity index (χ4v) is 2.31. The molecule has 0 aromatic heterocycles. The van der Waals surface area contributed by atoms with Crippen LogP contribution in [0, 0.1) is 0 Å². The smallest absolute Gasteiger partial charge is 0.244 e. The predicted molar refractivity (Wildman–Crippen MR) is 108 cm³/mol. The Balaban J connectivity index is 1.67. The summed E-state index contributed by atoms with van der Waals surface area (Å²) in [6, 6.07) is 8.12. The summed E-state index contributed by atoms with van der Waals surface area (Å²) in [5.41, 5.74) is 0.799. The molecule has 0 saturated carbocycles. The van der Waals surface area contributed by atoms with Gasteiger partial charge in [0.2, 0.25) is 11.8 Å². The topological polar surface area (TPSA) is 139 Å². The zero-order valence-corrected chi connectivity index (χ0v) is 15.5. The minimum absolute atomic E-state index is 0.0686. The first-order valence-electron chi connectivity index (χ1n) is 8.81. The van der Waals surface area contributed by atoms with Crippen molar-refractivity contribution < 1.29 is 30.0 Å². The molecule has 0 aliphatic carbocycles. The normalized spacial score (nSPS) is 11.0. The SMILES string of the molecule is O=C(/C=C/c1ccc(O)cc1O)NCCCNC(=O)/C=C/c1ccc(O)cc1O. The van der Waals surface area contributed by atoms with Gasteiger partial charge in [-0.05, 0) is 42.8 Å². The third-order valence-electron chi connectivity index (χ3n) is 3.81. The summed E-state index contributed by atoms with van der Waals surface area (Å²) in [5, 5.41) is 43.0. The van der Waals surface area contributed by atoms with Crippen molar-refractivity contribution in [2.45, 2.75) is 6.42 Å². The van der Waals surface area contributed by atoms with Crippen LogP contribution in [0.3, 0.4) is 0 Å². The van der Waals surface area contributed by atoms with Gasteiger partial charge in [0.05, 0.1) is 0 Å². The maximum Gasteiger partial charge on any atom is 0.244 e. The first-order valence-corrected chi connectivity index (χ1v) is 8.81. The number of carbonyl (C=O) groups excluding carboxylic acids is 2. The van der Waals surface area contributed by atoms with E-state index < -0.39 is 0 Å². The van der Waals surface area contributed by atoms with E-state index in [9.17, 15) is 30.0 Å². The van der Waals surface area contributed by atoms with E-state index in [4.69, 9.17) is 0 Å². The van der Waals surface area contributed by atoms with E-state index in [1.165, 1.54) is 60.7 Å². The molecule has 152 valence electrons. The zero-order chi connectivity index (χ0) is 21.2.